The number of ether oxygens (including phenoxy) is 1. The van der Waals surface area contributed by atoms with Crippen LogP contribution in [0.2, 0.25) is 0 Å². The Labute approximate surface area is 75.7 Å². The summed E-state index contributed by atoms with van der Waals surface area (Å²) in [6, 6.07) is 1.43. The number of hydrogen-bond donors (Lipinski definition) is 1. The van der Waals surface area contributed by atoms with Gasteiger partial charge in [-0.05, 0) is 25.7 Å². The number of hydrogen-bond acceptors (Lipinski definition) is 2. The number of nitrogens with one attached hydrogen (secondary N) is 1. The molecule has 1 heterocycles. The van der Waals surface area contributed by atoms with Crippen LogP contribution < -0.4 is 5.32 Å². The maximum absolute atomic E-state index is 5.31. The largest absolute Gasteiger partial charge is 0.381 e. The Morgan fingerprint density at radius 3 is 2.33 bits per heavy atom. The maximum Gasteiger partial charge on any atom is 0.0480 e. The van der Waals surface area contributed by atoms with Crippen LogP contribution in [0.5, 0.6) is 0 Å². The summed E-state index contributed by atoms with van der Waals surface area (Å²) in [5.41, 5.74) is 0. The van der Waals surface area contributed by atoms with Crippen molar-refractivity contribution in [3.05, 3.63) is 0 Å². The van der Waals surface area contributed by atoms with Crippen molar-refractivity contribution in [2.24, 2.45) is 0 Å². The van der Waals surface area contributed by atoms with E-state index in [0.29, 0.717) is 12.1 Å². The second-order valence-electron chi connectivity index (χ2n) is 3.57. The van der Waals surface area contributed by atoms with E-state index in [1.54, 1.807) is 0 Å². The van der Waals surface area contributed by atoms with Crippen molar-refractivity contribution in [1.29, 1.82) is 0 Å². The predicted octanol–water partition coefficient (Wildman–Crippen LogP) is 1.94. The van der Waals surface area contributed by atoms with Crippen LogP contribution >= 0.6 is 0 Å². The Morgan fingerprint density at radius 2 is 1.83 bits per heavy atom. The molecular formula is C10H21NO. The highest BCUT2D eigenvalue weighted by Gasteiger charge is 2.15. The SMILES string of the molecule is CCC(CC)NC1CCOCC1. The molecule has 1 aliphatic rings. The molecule has 2 heteroatoms. The third kappa shape index (κ3) is 3.11. The van der Waals surface area contributed by atoms with Crippen LogP contribution in [0.3, 0.4) is 0 Å². The standard InChI is InChI=1S/C10H21NO/c1-3-9(4-2)11-10-5-7-12-8-6-10/h9-11H,3-8H2,1-2H3. The molecular weight excluding hydrogens is 150 g/mol. The molecule has 0 atom stereocenters. The van der Waals surface area contributed by atoms with Gasteiger partial charge in [0, 0.05) is 25.3 Å². The third-order valence-electron chi connectivity index (χ3n) is 2.68. The number of rotatable bonds is 4. The molecule has 1 N–H and O–H groups in total. The van der Waals surface area contributed by atoms with E-state index in [0.717, 1.165) is 13.2 Å². The van der Waals surface area contributed by atoms with Crippen molar-refractivity contribution < 1.29 is 4.74 Å². The molecule has 1 saturated heterocycles. The van der Waals surface area contributed by atoms with Gasteiger partial charge < -0.3 is 10.1 Å². The molecule has 0 unspecified atom stereocenters. The minimum Gasteiger partial charge on any atom is -0.381 e. The first-order valence-corrected chi connectivity index (χ1v) is 5.20. The van der Waals surface area contributed by atoms with Crippen LogP contribution in [0.25, 0.3) is 0 Å². The Bertz CT molecular complexity index is 106. The minimum atomic E-state index is 0.712. The average Bonchev–Trinajstić information content (AvgIpc) is 2.16. The summed E-state index contributed by atoms with van der Waals surface area (Å²) in [6.07, 6.45) is 4.87. The second-order valence-corrected chi connectivity index (χ2v) is 3.57. The second kappa shape index (κ2) is 5.55. The van der Waals surface area contributed by atoms with Gasteiger partial charge in [-0.15, -0.1) is 0 Å². The molecule has 0 aromatic rings. The van der Waals surface area contributed by atoms with Crippen molar-refractivity contribution in [1.82, 2.24) is 5.32 Å². The highest BCUT2D eigenvalue weighted by Crippen LogP contribution is 2.09. The topological polar surface area (TPSA) is 21.3 Å². The highest BCUT2D eigenvalue weighted by atomic mass is 16.5. The first kappa shape index (κ1) is 10.0. The predicted molar refractivity (Wildman–Crippen MR) is 51.3 cm³/mol. The summed E-state index contributed by atoms with van der Waals surface area (Å²) in [7, 11) is 0. The fourth-order valence-corrected chi connectivity index (χ4v) is 1.72. The van der Waals surface area contributed by atoms with Crippen molar-refractivity contribution in [3.63, 3.8) is 0 Å². The van der Waals surface area contributed by atoms with Crippen LogP contribution in [0.1, 0.15) is 39.5 Å². The summed E-state index contributed by atoms with van der Waals surface area (Å²) in [4.78, 5) is 0. The van der Waals surface area contributed by atoms with Gasteiger partial charge in [-0.3, -0.25) is 0 Å². The van der Waals surface area contributed by atoms with Gasteiger partial charge in [-0.25, -0.2) is 0 Å². The quantitative estimate of drug-likeness (QED) is 0.698. The van der Waals surface area contributed by atoms with E-state index in [4.69, 9.17) is 4.74 Å². The molecule has 12 heavy (non-hydrogen) atoms. The van der Waals surface area contributed by atoms with Gasteiger partial charge in [-0.2, -0.15) is 0 Å². The molecule has 0 aliphatic carbocycles. The molecule has 0 saturated carbocycles. The molecule has 1 fully saturated rings. The van der Waals surface area contributed by atoms with E-state index in [9.17, 15) is 0 Å². The lowest BCUT2D eigenvalue weighted by molar-refractivity contribution is 0.0745. The lowest BCUT2D eigenvalue weighted by atomic mass is 10.1. The van der Waals surface area contributed by atoms with E-state index in [2.05, 4.69) is 19.2 Å². The third-order valence-corrected chi connectivity index (χ3v) is 2.68. The summed E-state index contributed by atoms with van der Waals surface area (Å²) in [5, 5.41) is 3.68. The normalized spacial score (nSPS) is 20.2. The monoisotopic (exact) mass is 171 g/mol. The zero-order valence-corrected chi connectivity index (χ0v) is 8.31. The van der Waals surface area contributed by atoms with Crippen LogP contribution in [0.15, 0.2) is 0 Å². The summed E-state index contributed by atoms with van der Waals surface area (Å²) in [6.45, 7) is 6.39. The van der Waals surface area contributed by atoms with Crippen molar-refractivity contribution in [2.75, 3.05) is 13.2 Å². The van der Waals surface area contributed by atoms with Gasteiger partial charge in [0.05, 0.1) is 0 Å². The van der Waals surface area contributed by atoms with Gasteiger partial charge >= 0.3 is 0 Å². The molecule has 72 valence electrons. The van der Waals surface area contributed by atoms with E-state index in [1.165, 1.54) is 25.7 Å². The fourth-order valence-electron chi connectivity index (χ4n) is 1.72. The Balaban J connectivity index is 2.18. The zero-order valence-electron chi connectivity index (χ0n) is 8.31. The summed E-state index contributed by atoms with van der Waals surface area (Å²) >= 11 is 0. The molecule has 0 aromatic carbocycles. The lowest BCUT2D eigenvalue weighted by Crippen LogP contribution is -2.41. The first-order chi connectivity index (χ1) is 5.86. The molecule has 0 spiro atoms. The van der Waals surface area contributed by atoms with Crippen LogP contribution in [-0.4, -0.2) is 25.3 Å². The summed E-state index contributed by atoms with van der Waals surface area (Å²) in [5.74, 6) is 0. The van der Waals surface area contributed by atoms with Gasteiger partial charge in [0.2, 0.25) is 0 Å². The Kier molecular flexibility index (Phi) is 4.62. The Morgan fingerprint density at radius 1 is 1.25 bits per heavy atom. The van der Waals surface area contributed by atoms with E-state index in [-0.39, 0.29) is 0 Å². The molecule has 1 rings (SSSR count). The van der Waals surface area contributed by atoms with Crippen LogP contribution in [-0.2, 0) is 4.74 Å². The van der Waals surface area contributed by atoms with Crippen molar-refractivity contribution >= 4 is 0 Å². The summed E-state index contributed by atoms with van der Waals surface area (Å²) < 4.78 is 5.31. The van der Waals surface area contributed by atoms with Gasteiger partial charge in [0.15, 0.2) is 0 Å². The van der Waals surface area contributed by atoms with Gasteiger partial charge in [0.1, 0.15) is 0 Å². The fraction of sp³-hybridized carbons (Fsp3) is 1.00. The molecule has 1 aliphatic heterocycles. The lowest BCUT2D eigenvalue weighted by Gasteiger charge is -2.27. The van der Waals surface area contributed by atoms with E-state index in [1.807, 2.05) is 0 Å². The Hall–Kier alpha value is -0.0800. The molecule has 0 aromatic heterocycles. The minimum absolute atomic E-state index is 0.712. The van der Waals surface area contributed by atoms with Crippen molar-refractivity contribution in [2.45, 2.75) is 51.6 Å². The zero-order chi connectivity index (χ0) is 8.81. The molecule has 0 amide bonds. The van der Waals surface area contributed by atoms with Crippen LogP contribution in [0.4, 0.5) is 0 Å². The van der Waals surface area contributed by atoms with E-state index >= 15 is 0 Å². The molecule has 2 nitrogen and oxygen atoms in total. The van der Waals surface area contributed by atoms with Gasteiger partial charge in [0.25, 0.3) is 0 Å². The van der Waals surface area contributed by atoms with Gasteiger partial charge in [-0.1, -0.05) is 13.8 Å². The molecule has 0 bridgehead atoms. The first-order valence-electron chi connectivity index (χ1n) is 5.20. The maximum atomic E-state index is 5.31. The molecule has 0 radical (unpaired) electrons. The highest BCUT2D eigenvalue weighted by molar-refractivity contribution is 4.74. The van der Waals surface area contributed by atoms with Crippen molar-refractivity contribution in [3.8, 4) is 0 Å². The smallest absolute Gasteiger partial charge is 0.0480 e. The van der Waals surface area contributed by atoms with E-state index < -0.39 is 0 Å². The average molecular weight is 171 g/mol. The van der Waals surface area contributed by atoms with Crippen LogP contribution in [0, 0.1) is 0 Å².